The molecule has 1 rings (SSSR count). The molecule has 81 valence electrons. The van der Waals surface area contributed by atoms with Crippen molar-refractivity contribution in [2.75, 3.05) is 0 Å². The van der Waals surface area contributed by atoms with E-state index in [2.05, 4.69) is 4.98 Å². The lowest BCUT2D eigenvalue weighted by Gasteiger charge is -2.16. The summed E-state index contributed by atoms with van der Waals surface area (Å²) < 4.78 is 0. The molecule has 0 aliphatic rings. The third-order valence-electron chi connectivity index (χ3n) is 1.95. The van der Waals surface area contributed by atoms with Crippen LogP contribution in [-0.4, -0.2) is 16.0 Å². The molecule has 0 aliphatic heterocycles. The summed E-state index contributed by atoms with van der Waals surface area (Å²) in [5.41, 5.74) is 5.46. The zero-order valence-corrected chi connectivity index (χ0v) is 8.90. The Morgan fingerprint density at radius 3 is 2.87 bits per heavy atom. The van der Waals surface area contributed by atoms with Crippen LogP contribution in [0.25, 0.3) is 0 Å². The van der Waals surface area contributed by atoms with Gasteiger partial charge in [0.25, 0.3) is 0 Å². The molecular weight excluding hydrogens is 192 g/mol. The quantitative estimate of drug-likeness (QED) is 0.764. The summed E-state index contributed by atoms with van der Waals surface area (Å²) >= 11 is 0. The maximum absolute atomic E-state index is 10.6. The molecule has 0 aromatic carbocycles. The van der Waals surface area contributed by atoms with Gasteiger partial charge in [0.05, 0.1) is 5.69 Å². The summed E-state index contributed by atoms with van der Waals surface area (Å²) in [6.45, 7) is 3.32. The Morgan fingerprint density at radius 2 is 2.33 bits per heavy atom. The highest BCUT2D eigenvalue weighted by Gasteiger charge is 2.17. The molecule has 0 unspecified atom stereocenters. The van der Waals surface area contributed by atoms with Crippen LogP contribution in [-0.2, 0) is 10.4 Å². The SMILES string of the molecule is CC(C)(O)c1cc([CH]CC(N)=O)ccn1. The van der Waals surface area contributed by atoms with E-state index < -0.39 is 5.60 Å². The van der Waals surface area contributed by atoms with Crippen molar-refractivity contribution < 1.29 is 9.90 Å². The van der Waals surface area contributed by atoms with Crippen molar-refractivity contribution in [3.05, 3.63) is 36.0 Å². The van der Waals surface area contributed by atoms with Gasteiger partial charge in [-0.2, -0.15) is 0 Å². The van der Waals surface area contributed by atoms with Crippen LogP contribution in [0.3, 0.4) is 0 Å². The Kier molecular flexibility index (Phi) is 3.42. The van der Waals surface area contributed by atoms with Gasteiger partial charge >= 0.3 is 0 Å². The van der Waals surface area contributed by atoms with Crippen LogP contribution in [0, 0.1) is 6.42 Å². The van der Waals surface area contributed by atoms with E-state index in [0.717, 1.165) is 5.56 Å². The van der Waals surface area contributed by atoms with Crippen molar-refractivity contribution in [2.24, 2.45) is 5.73 Å². The zero-order chi connectivity index (χ0) is 11.5. The first-order chi connectivity index (χ1) is 6.89. The zero-order valence-electron chi connectivity index (χ0n) is 8.90. The van der Waals surface area contributed by atoms with Gasteiger partial charge in [0.2, 0.25) is 5.91 Å². The highest BCUT2D eigenvalue weighted by Crippen LogP contribution is 2.18. The molecule has 3 N–H and O–H groups in total. The van der Waals surface area contributed by atoms with Gasteiger partial charge in [-0.05, 0) is 31.5 Å². The molecule has 4 heteroatoms. The predicted octanol–water partition coefficient (Wildman–Crippen LogP) is 0.737. The molecule has 1 aromatic heterocycles. The van der Waals surface area contributed by atoms with Crippen molar-refractivity contribution >= 4 is 5.91 Å². The number of hydrogen-bond donors (Lipinski definition) is 2. The molecule has 0 fully saturated rings. The minimum absolute atomic E-state index is 0.190. The topological polar surface area (TPSA) is 76.2 Å². The van der Waals surface area contributed by atoms with Crippen LogP contribution < -0.4 is 5.73 Å². The number of aliphatic hydroxyl groups is 1. The number of carbonyl (C=O) groups excluding carboxylic acids is 1. The van der Waals surface area contributed by atoms with Gasteiger partial charge in [0, 0.05) is 19.0 Å². The fraction of sp³-hybridized carbons (Fsp3) is 0.364. The molecule has 1 heterocycles. The maximum atomic E-state index is 10.6. The van der Waals surface area contributed by atoms with E-state index in [4.69, 9.17) is 5.73 Å². The van der Waals surface area contributed by atoms with Crippen LogP contribution in [0.4, 0.5) is 0 Å². The third kappa shape index (κ3) is 3.67. The second-order valence-corrected chi connectivity index (χ2v) is 3.91. The molecule has 1 aromatic rings. The minimum Gasteiger partial charge on any atom is -0.384 e. The van der Waals surface area contributed by atoms with Crippen LogP contribution in [0.1, 0.15) is 31.5 Å². The van der Waals surface area contributed by atoms with Crippen LogP contribution in [0.15, 0.2) is 18.3 Å². The number of nitrogens with two attached hydrogens (primary N) is 1. The molecule has 0 bridgehead atoms. The summed E-state index contributed by atoms with van der Waals surface area (Å²) in [4.78, 5) is 14.6. The molecule has 1 amide bonds. The second kappa shape index (κ2) is 4.40. The number of aromatic nitrogens is 1. The van der Waals surface area contributed by atoms with Gasteiger partial charge in [-0.1, -0.05) is 0 Å². The van der Waals surface area contributed by atoms with Crippen molar-refractivity contribution in [1.82, 2.24) is 4.98 Å². The predicted molar refractivity (Wildman–Crippen MR) is 56.7 cm³/mol. The molecule has 0 saturated carbocycles. The van der Waals surface area contributed by atoms with E-state index in [0.29, 0.717) is 5.69 Å². The van der Waals surface area contributed by atoms with Gasteiger partial charge in [-0.25, -0.2) is 0 Å². The smallest absolute Gasteiger partial charge is 0.218 e. The lowest BCUT2D eigenvalue weighted by Crippen LogP contribution is -2.17. The Balaban J connectivity index is 2.79. The van der Waals surface area contributed by atoms with Crippen LogP contribution >= 0.6 is 0 Å². The highest BCUT2D eigenvalue weighted by molar-refractivity contribution is 5.75. The van der Waals surface area contributed by atoms with Crippen LogP contribution in [0.2, 0.25) is 0 Å². The Morgan fingerprint density at radius 1 is 1.67 bits per heavy atom. The number of primary amides is 1. The fourth-order valence-electron chi connectivity index (χ4n) is 1.13. The summed E-state index contributed by atoms with van der Waals surface area (Å²) in [5, 5.41) is 9.72. The number of carbonyl (C=O) groups is 1. The van der Waals surface area contributed by atoms with E-state index in [-0.39, 0.29) is 12.3 Å². The van der Waals surface area contributed by atoms with Gasteiger partial charge < -0.3 is 10.8 Å². The fourth-order valence-corrected chi connectivity index (χ4v) is 1.13. The van der Waals surface area contributed by atoms with Gasteiger partial charge in [-0.3, -0.25) is 9.78 Å². The second-order valence-electron chi connectivity index (χ2n) is 3.91. The van der Waals surface area contributed by atoms with Crippen LogP contribution in [0.5, 0.6) is 0 Å². The summed E-state index contributed by atoms with van der Waals surface area (Å²) in [5.74, 6) is -0.378. The first-order valence-corrected chi connectivity index (χ1v) is 4.70. The number of pyridine rings is 1. The maximum Gasteiger partial charge on any atom is 0.218 e. The van der Waals surface area contributed by atoms with Gasteiger partial charge in [-0.15, -0.1) is 0 Å². The van der Waals surface area contributed by atoms with E-state index in [9.17, 15) is 9.90 Å². The van der Waals surface area contributed by atoms with E-state index in [1.807, 2.05) is 0 Å². The van der Waals surface area contributed by atoms with E-state index >= 15 is 0 Å². The minimum atomic E-state index is -0.976. The van der Waals surface area contributed by atoms with E-state index in [1.54, 1.807) is 38.6 Å². The highest BCUT2D eigenvalue weighted by atomic mass is 16.3. The van der Waals surface area contributed by atoms with E-state index in [1.165, 1.54) is 0 Å². The Labute approximate surface area is 89.1 Å². The number of nitrogens with zero attached hydrogens (tertiary/aromatic N) is 1. The number of hydrogen-bond acceptors (Lipinski definition) is 3. The van der Waals surface area contributed by atoms with Crippen molar-refractivity contribution in [3.8, 4) is 0 Å². The number of amides is 1. The summed E-state index contributed by atoms with van der Waals surface area (Å²) in [6, 6.07) is 3.50. The lowest BCUT2D eigenvalue weighted by atomic mass is 10.0. The molecule has 0 atom stereocenters. The van der Waals surface area contributed by atoms with Gasteiger partial charge in [0.1, 0.15) is 5.60 Å². The standard InChI is InChI=1S/C11H15N2O2/c1-11(2,15)9-7-8(5-6-13-9)3-4-10(12)14/h3,5-7,15H,4H2,1-2H3,(H2,12,14). The largest absolute Gasteiger partial charge is 0.384 e. The Bertz CT molecular complexity index is 356. The molecule has 4 nitrogen and oxygen atoms in total. The summed E-state index contributed by atoms with van der Waals surface area (Å²) in [6.07, 6.45) is 3.49. The molecule has 0 saturated heterocycles. The molecule has 15 heavy (non-hydrogen) atoms. The van der Waals surface area contributed by atoms with Crippen molar-refractivity contribution in [3.63, 3.8) is 0 Å². The normalized spacial score (nSPS) is 11.4. The monoisotopic (exact) mass is 207 g/mol. The van der Waals surface area contributed by atoms with Gasteiger partial charge in [0.15, 0.2) is 0 Å². The average Bonchev–Trinajstić information content (AvgIpc) is 2.14. The molecule has 0 spiro atoms. The first kappa shape index (κ1) is 11.7. The first-order valence-electron chi connectivity index (χ1n) is 4.70. The van der Waals surface area contributed by atoms with Crippen molar-refractivity contribution in [1.29, 1.82) is 0 Å². The Hall–Kier alpha value is -1.42. The lowest BCUT2D eigenvalue weighted by molar-refractivity contribution is -0.117. The molecular formula is C11H15N2O2. The third-order valence-corrected chi connectivity index (χ3v) is 1.95. The summed E-state index contributed by atoms with van der Waals surface area (Å²) in [7, 11) is 0. The van der Waals surface area contributed by atoms with Crippen molar-refractivity contribution in [2.45, 2.75) is 25.9 Å². The number of rotatable bonds is 4. The average molecular weight is 207 g/mol. The molecule has 0 aliphatic carbocycles. The molecule has 1 radical (unpaired) electrons.